The summed E-state index contributed by atoms with van der Waals surface area (Å²) in [5.41, 5.74) is 1.14. The third kappa shape index (κ3) is 3.99. The molecule has 0 aliphatic carbocycles. The fourth-order valence-electron chi connectivity index (χ4n) is 1.61. The topological polar surface area (TPSA) is 97.0 Å². The molecule has 0 aromatic carbocycles. The van der Waals surface area contributed by atoms with Gasteiger partial charge >= 0.3 is 0 Å². The van der Waals surface area contributed by atoms with E-state index < -0.39 is 0 Å². The Morgan fingerprint density at radius 1 is 1.26 bits per heavy atom. The van der Waals surface area contributed by atoms with Crippen molar-refractivity contribution < 1.29 is 9.63 Å². The average molecular weight is 263 g/mol. The van der Waals surface area contributed by atoms with Gasteiger partial charge in [0, 0.05) is 25.4 Å². The van der Waals surface area contributed by atoms with Gasteiger partial charge in [0.25, 0.3) is 5.89 Å². The van der Waals surface area contributed by atoms with Crippen molar-refractivity contribution in [2.24, 2.45) is 0 Å². The molecule has 0 fully saturated rings. The Bertz CT molecular complexity index is 497. The molecule has 2 heterocycles. The summed E-state index contributed by atoms with van der Waals surface area (Å²) in [6, 6.07) is 0. The molecule has 102 valence electrons. The molecule has 0 spiro atoms. The van der Waals surface area contributed by atoms with Gasteiger partial charge in [-0.25, -0.2) is 9.97 Å². The third-order valence-electron chi connectivity index (χ3n) is 2.52. The van der Waals surface area contributed by atoms with E-state index in [-0.39, 0.29) is 12.5 Å². The van der Waals surface area contributed by atoms with Gasteiger partial charge in [-0.05, 0) is 12.0 Å². The smallest absolute Gasteiger partial charge is 0.252 e. The summed E-state index contributed by atoms with van der Waals surface area (Å²) in [5.74, 6) is 1.38. The van der Waals surface area contributed by atoms with Crippen molar-refractivity contribution in [1.29, 1.82) is 0 Å². The van der Waals surface area contributed by atoms with Crippen molar-refractivity contribution >= 4 is 5.95 Å². The fraction of sp³-hybridized carbons (Fsp3) is 0.500. The van der Waals surface area contributed by atoms with Crippen LogP contribution in [0.15, 0.2) is 16.9 Å². The van der Waals surface area contributed by atoms with Crippen LogP contribution in [0.25, 0.3) is 0 Å². The van der Waals surface area contributed by atoms with Crippen LogP contribution in [-0.4, -0.2) is 31.8 Å². The number of rotatable bonds is 7. The Balaban J connectivity index is 1.78. The zero-order chi connectivity index (χ0) is 13.5. The van der Waals surface area contributed by atoms with Crippen molar-refractivity contribution in [3.8, 4) is 0 Å². The number of hydrogen-bond donors (Lipinski definition) is 2. The summed E-state index contributed by atoms with van der Waals surface area (Å²) in [4.78, 5) is 12.4. The van der Waals surface area contributed by atoms with Crippen LogP contribution in [0.1, 0.15) is 30.6 Å². The molecule has 0 atom stereocenters. The summed E-state index contributed by atoms with van der Waals surface area (Å²) >= 11 is 0. The molecule has 0 amide bonds. The van der Waals surface area contributed by atoms with Gasteiger partial charge in [-0.3, -0.25) is 0 Å². The van der Waals surface area contributed by atoms with Crippen LogP contribution in [0.2, 0.25) is 0 Å². The lowest BCUT2D eigenvalue weighted by molar-refractivity contribution is 0.222. The minimum atomic E-state index is -0.234. The molecular weight excluding hydrogens is 246 g/mol. The van der Waals surface area contributed by atoms with Gasteiger partial charge < -0.3 is 14.9 Å². The Morgan fingerprint density at radius 3 is 2.68 bits per heavy atom. The van der Waals surface area contributed by atoms with Gasteiger partial charge in [0.2, 0.25) is 5.95 Å². The van der Waals surface area contributed by atoms with E-state index in [4.69, 9.17) is 9.63 Å². The first-order valence-electron chi connectivity index (χ1n) is 6.29. The van der Waals surface area contributed by atoms with Gasteiger partial charge in [0.15, 0.2) is 5.82 Å². The summed E-state index contributed by atoms with van der Waals surface area (Å²) in [5, 5.41) is 15.6. The number of anilines is 1. The Morgan fingerprint density at radius 2 is 2.05 bits per heavy atom. The van der Waals surface area contributed by atoms with E-state index in [9.17, 15) is 0 Å². The molecule has 0 saturated carbocycles. The van der Waals surface area contributed by atoms with Crippen LogP contribution in [0.4, 0.5) is 5.95 Å². The number of aliphatic hydroxyl groups is 1. The van der Waals surface area contributed by atoms with E-state index in [1.165, 1.54) is 0 Å². The average Bonchev–Trinajstić information content (AvgIpc) is 2.89. The highest BCUT2D eigenvalue weighted by molar-refractivity contribution is 5.24. The lowest BCUT2D eigenvalue weighted by Crippen LogP contribution is -2.09. The predicted octanol–water partition coefficient (Wildman–Crippen LogP) is 0.959. The molecule has 0 bridgehead atoms. The maximum Gasteiger partial charge on any atom is 0.252 e. The molecule has 2 aromatic heterocycles. The molecule has 7 nitrogen and oxygen atoms in total. The van der Waals surface area contributed by atoms with E-state index in [0.29, 0.717) is 24.7 Å². The largest absolute Gasteiger partial charge is 0.387 e. The molecule has 2 N–H and O–H groups in total. The van der Waals surface area contributed by atoms with Crippen LogP contribution < -0.4 is 5.32 Å². The monoisotopic (exact) mass is 263 g/mol. The van der Waals surface area contributed by atoms with Gasteiger partial charge in [-0.2, -0.15) is 4.98 Å². The first-order valence-corrected chi connectivity index (χ1v) is 6.29. The highest BCUT2D eigenvalue weighted by Gasteiger charge is 2.04. The quantitative estimate of drug-likeness (QED) is 0.767. The highest BCUT2D eigenvalue weighted by Crippen LogP contribution is 2.03. The molecule has 2 rings (SSSR count). The van der Waals surface area contributed by atoms with Crippen LogP contribution in [0.3, 0.4) is 0 Å². The van der Waals surface area contributed by atoms with E-state index in [0.717, 1.165) is 18.4 Å². The molecule has 7 heteroatoms. The van der Waals surface area contributed by atoms with Gasteiger partial charge in [0.05, 0.1) is 0 Å². The molecule has 2 aromatic rings. The third-order valence-corrected chi connectivity index (χ3v) is 2.52. The molecule has 0 aliphatic heterocycles. The normalized spacial score (nSPS) is 10.6. The zero-order valence-corrected chi connectivity index (χ0v) is 10.8. The zero-order valence-electron chi connectivity index (χ0n) is 10.8. The second kappa shape index (κ2) is 6.79. The van der Waals surface area contributed by atoms with Gasteiger partial charge in [0.1, 0.15) is 6.61 Å². The standard InChI is InChI=1S/C12H17N5O2/c1-2-3-9-6-14-12(15-7-9)13-5-4-10-16-11(8-18)19-17-10/h6-7,18H,2-5,8H2,1H3,(H,13,14,15). The number of aliphatic hydroxyl groups excluding tert-OH is 1. The van der Waals surface area contributed by atoms with E-state index in [1.807, 2.05) is 12.4 Å². The summed E-state index contributed by atoms with van der Waals surface area (Å²) in [7, 11) is 0. The van der Waals surface area contributed by atoms with Crippen LogP contribution >= 0.6 is 0 Å². The molecule has 0 saturated heterocycles. The minimum Gasteiger partial charge on any atom is -0.387 e. The maximum atomic E-state index is 8.79. The second-order valence-electron chi connectivity index (χ2n) is 4.10. The van der Waals surface area contributed by atoms with Crippen molar-refractivity contribution in [1.82, 2.24) is 20.1 Å². The molecule has 0 aliphatic rings. The predicted molar refractivity (Wildman–Crippen MR) is 68.4 cm³/mol. The summed E-state index contributed by atoms with van der Waals surface area (Å²) in [6.45, 7) is 2.50. The number of aromatic nitrogens is 4. The lowest BCUT2D eigenvalue weighted by Gasteiger charge is -2.03. The van der Waals surface area contributed by atoms with Gasteiger partial charge in [-0.1, -0.05) is 18.5 Å². The van der Waals surface area contributed by atoms with Gasteiger partial charge in [-0.15, -0.1) is 0 Å². The number of nitrogens with zero attached hydrogens (tertiary/aromatic N) is 4. The Kier molecular flexibility index (Phi) is 4.79. The highest BCUT2D eigenvalue weighted by atomic mass is 16.5. The SMILES string of the molecule is CCCc1cnc(NCCc2noc(CO)n2)nc1. The molecule has 0 radical (unpaired) electrons. The molecule has 19 heavy (non-hydrogen) atoms. The van der Waals surface area contributed by atoms with Crippen molar-refractivity contribution in [2.45, 2.75) is 32.8 Å². The minimum absolute atomic E-state index is 0.232. The summed E-state index contributed by atoms with van der Waals surface area (Å²) in [6.07, 6.45) is 6.33. The van der Waals surface area contributed by atoms with Crippen LogP contribution in [0.5, 0.6) is 0 Å². The van der Waals surface area contributed by atoms with Crippen molar-refractivity contribution in [3.05, 3.63) is 29.7 Å². The van der Waals surface area contributed by atoms with E-state index >= 15 is 0 Å². The number of nitrogens with one attached hydrogen (secondary N) is 1. The maximum absolute atomic E-state index is 8.79. The van der Waals surface area contributed by atoms with E-state index in [2.05, 4.69) is 32.3 Å². The number of aryl methyl sites for hydroxylation is 1. The first-order chi connectivity index (χ1) is 9.31. The second-order valence-corrected chi connectivity index (χ2v) is 4.10. The Labute approximate surface area is 111 Å². The fourth-order valence-corrected chi connectivity index (χ4v) is 1.61. The van der Waals surface area contributed by atoms with Crippen LogP contribution in [-0.2, 0) is 19.4 Å². The molecule has 0 unspecified atom stereocenters. The first kappa shape index (κ1) is 13.4. The Hall–Kier alpha value is -2.02. The van der Waals surface area contributed by atoms with Crippen LogP contribution in [0, 0.1) is 0 Å². The van der Waals surface area contributed by atoms with E-state index in [1.54, 1.807) is 0 Å². The summed E-state index contributed by atoms with van der Waals surface area (Å²) < 4.78 is 4.79. The van der Waals surface area contributed by atoms with Crippen molar-refractivity contribution in [2.75, 3.05) is 11.9 Å². The number of hydrogen-bond acceptors (Lipinski definition) is 7. The van der Waals surface area contributed by atoms with Crippen molar-refractivity contribution in [3.63, 3.8) is 0 Å². The molecular formula is C12H17N5O2. The lowest BCUT2D eigenvalue weighted by atomic mass is 10.2.